The highest BCUT2D eigenvalue weighted by molar-refractivity contribution is 5.72. The largest absolute Gasteiger partial charge is 0.289 e. The number of hydrazine groups is 1. The Morgan fingerprint density at radius 1 is 1.33 bits per heavy atom. The summed E-state index contributed by atoms with van der Waals surface area (Å²) in [4.78, 5) is 10.8. The van der Waals surface area contributed by atoms with E-state index in [0.717, 1.165) is 24.9 Å². The van der Waals surface area contributed by atoms with Gasteiger partial charge in [0.05, 0.1) is 0 Å². The van der Waals surface area contributed by atoms with Gasteiger partial charge in [0.25, 0.3) is 0 Å². The van der Waals surface area contributed by atoms with Crippen LogP contribution >= 0.6 is 0 Å². The molecule has 0 bridgehead atoms. The predicted molar refractivity (Wildman–Crippen MR) is 46.2 cm³/mol. The number of nitrogens with one attached hydrogen (secondary N) is 1. The molecule has 1 saturated heterocycles. The highest BCUT2D eigenvalue weighted by Gasteiger charge is 2.36. The molecule has 68 valence electrons. The maximum absolute atomic E-state index is 10.8. The highest BCUT2D eigenvalue weighted by atomic mass is 16.2. The van der Waals surface area contributed by atoms with E-state index in [2.05, 4.69) is 10.4 Å². The summed E-state index contributed by atoms with van der Waals surface area (Å²) in [5.41, 5.74) is 2.86. The van der Waals surface area contributed by atoms with Crippen LogP contribution in [0.3, 0.4) is 0 Å². The van der Waals surface area contributed by atoms with Gasteiger partial charge in [-0.1, -0.05) is 6.42 Å². The molecule has 1 saturated carbocycles. The van der Waals surface area contributed by atoms with Crippen molar-refractivity contribution in [2.45, 2.75) is 26.2 Å². The topological polar surface area (TPSA) is 32.3 Å². The molecule has 2 unspecified atom stereocenters. The first-order valence-corrected chi connectivity index (χ1v) is 4.78. The fourth-order valence-corrected chi connectivity index (χ4v) is 2.55. The average molecular weight is 168 g/mol. The van der Waals surface area contributed by atoms with Gasteiger partial charge in [-0.2, -0.15) is 0 Å². The van der Waals surface area contributed by atoms with Crippen molar-refractivity contribution in [1.82, 2.24) is 10.4 Å². The van der Waals surface area contributed by atoms with Crippen molar-refractivity contribution < 1.29 is 4.79 Å². The smallest absolute Gasteiger partial charge is 0.231 e. The van der Waals surface area contributed by atoms with Gasteiger partial charge in [0, 0.05) is 20.0 Å². The van der Waals surface area contributed by atoms with Crippen LogP contribution in [-0.2, 0) is 4.79 Å². The lowest BCUT2D eigenvalue weighted by molar-refractivity contribution is -0.123. The SMILES string of the molecule is CC(=O)NN1CC2CCCC2C1. The molecule has 12 heavy (non-hydrogen) atoms. The molecule has 2 rings (SSSR count). The second-order valence-corrected chi connectivity index (χ2v) is 4.02. The van der Waals surface area contributed by atoms with Crippen LogP contribution in [0.2, 0.25) is 0 Å². The summed E-state index contributed by atoms with van der Waals surface area (Å²) in [7, 11) is 0. The van der Waals surface area contributed by atoms with E-state index in [4.69, 9.17) is 0 Å². The molecule has 0 aromatic carbocycles. The van der Waals surface area contributed by atoms with Crippen molar-refractivity contribution in [3.8, 4) is 0 Å². The molecule has 0 aromatic heterocycles. The van der Waals surface area contributed by atoms with E-state index in [1.807, 2.05) is 0 Å². The number of nitrogens with zero attached hydrogens (tertiary/aromatic N) is 1. The Kier molecular flexibility index (Phi) is 2.05. The Morgan fingerprint density at radius 3 is 2.42 bits per heavy atom. The van der Waals surface area contributed by atoms with E-state index >= 15 is 0 Å². The molecule has 2 fully saturated rings. The maximum Gasteiger partial charge on any atom is 0.231 e. The van der Waals surface area contributed by atoms with Gasteiger partial charge in [-0.05, 0) is 24.7 Å². The zero-order valence-electron chi connectivity index (χ0n) is 7.55. The number of carbonyl (C=O) groups excluding carboxylic acids is 1. The van der Waals surface area contributed by atoms with Crippen LogP contribution in [0.25, 0.3) is 0 Å². The van der Waals surface area contributed by atoms with Crippen molar-refractivity contribution in [1.29, 1.82) is 0 Å². The fraction of sp³-hybridized carbons (Fsp3) is 0.889. The summed E-state index contributed by atoms with van der Waals surface area (Å²) < 4.78 is 0. The molecule has 2 atom stereocenters. The summed E-state index contributed by atoms with van der Waals surface area (Å²) in [6.07, 6.45) is 4.12. The Labute approximate surface area is 73.1 Å². The summed E-state index contributed by atoms with van der Waals surface area (Å²) in [6.45, 7) is 3.72. The lowest BCUT2D eigenvalue weighted by atomic mass is 10.0. The lowest BCUT2D eigenvalue weighted by Crippen LogP contribution is -2.39. The fourth-order valence-electron chi connectivity index (χ4n) is 2.55. The van der Waals surface area contributed by atoms with Gasteiger partial charge < -0.3 is 0 Å². The number of fused-ring (bicyclic) bond motifs is 1. The third-order valence-corrected chi connectivity index (χ3v) is 3.04. The van der Waals surface area contributed by atoms with Gasteiger partial charge in [-0.3, -0.25) is 10.2 Å². The second-order valence-electron chi connectivity index (χ2n) is 4.02. The minimum Gasteiger partial charge on any atom is -0.289 e. The monoisotopic (exact) mass is 168 g/mol. The molecule has 0 spiro atoms. The molecule has 0 radical (unpaired) electrons. The van der Waals surface area contributed by atoms with Crippen molar-refractivity contribution in [2.24, 2.45) is 11.8 Å². The summed E-state index contributed by atoms with van der Waals surface area (Å²) in [5.74, 6) is 1.78. The number of rotatable bonds is 1. The predicted octanol–water partition coefficient (Wildman–Crippen LogP) is 0.769. The minimum absolute atomic E-state index is 0.0648. The lowest BCUT2D eigenvalue weighted by Gasteiger charge is -2.16. The average Bonchev–Trinajstić information content (AvgIpc) is 2.43. The van der Waals surface area contributed by atoms with Gasteiger partial charge in [0.1, 0.15) is 0 Å². The third-order valence-electron chi connectivity index (χ3n) is 3.04. The first-order valence-electron chi connectivity index (χ1n) is 4.78. The first kappa shape index (κ1) is 8.05. The second kappa shape index (κ2) is 3.05. The van der Waals surface area contributed by atoms with E-state index in [9.17, 15) is 4.79 Å². The molecule has 1 N–H and O–H groups in total. The van der Waals surface area contributed by atoms with E-state index in [-0.39, 0.29) is 5.91 Å². The van der Waals surface area contributed by atoms with E-state index in [0.29, 0.717) is 0 Å². The Bertz CT molecular complexity index is 181. The minimum atomic E-state index is 0.0648. The molecular formula is C9H16N2O. The van der Waals surface area contributed by atoms with Crippen molar-refractivity contribution in [3.63, 3.8) is 0 Å². The highest BCUT2D eigenvalue weighted by Crippen LogP contribution is 2.36. The van der Waals surface area contributed by atoms with Crippen LogP contribution < -0.4 is 5.43 Å². The molecular weight excluding hydrogens is 152 g/mol. The Morgan fingerprint density at radius 2 is 1.92 bits per heavy atom. The van der Waals surface area contributed by atoms with Gasteiger partial charge in [0.2, 0.25) is 5.91 Å². The van der Waals surface area contributed by atoms with E-state index in [1.165, 1.54) is 19.3 Å². The van der Waals surface area contributed by atoms with Gasteiger partial charge >= 0.3 is 0 Å². The molecule has 1 amide bonds. The maximum atomic E-state index is 10.8. The third kappa shape index (κ3) is 1.46. The van der Waals surface area contributed by atoms with Crippen LogP contribution in [0.1, 0.15) is 26.2 Å². The normalized spacial score (nSPS) is 35.1. The summed E-state index contributed by atoms with van der Waals surface area (Å²) >= 11 is 0. The molecule has 3 heteroatoms. The van der Waals surface area contributed by atoms with Crippen molar-refractivity contribution in [3.05, 3.63) is 0 Å². The van der Waals surface area contributed by atoms with Gasteiger partial charge in [0.15, 0.2) is 0 Å². The van der Waals surface area contributed by atoms with Crippen molar-refractivity contribution in [2.75, 3.05) is 13.1 Å². The quantitative estimate of drug-likeness (QED) is 0.627. The molecule has 2 aliphatic rings. The number of hydrogen-bond donors (Lipinski definition) is 1. The van der Waals surface area contributed by atoms with Gasteiger partial charge in [-0.15, -0.1) is 0 Å². The first-order chi connectivity index (χ1) is 5.75. The Balaban J connectivity index is 1.86. The molecule has 3 nitrogen and oxygen atoms in total. The van der Waals surface area contributed by atoms with Crippen LogP contribution in [0.15, 0.2) is 0 Å². The van der Waals surface area contributed by atoms with Crippen LogP contribution in [0, 0.1) is 11.8 Å². The number of carbonyl (C=O) groups is 1. The molecule has 1 aliphatic heterocycles. The van der Waals surface area contributed by atoms with Crippen LogP contribution in [0.5, 0.6) is 0 Å². The number of amides is 1. The Hall–Kier alpha value is -0.570. The molecule has 1 aliphatic carbocycles. The van der Waals surface area contributed by atoms with Crippen LogP contribution in [-0.4, -0.2) is 24.0 Å². The standard InChI is InChI=1S/C9H16N2O/c1-7(12)10-11-5-8-3-2-4-9(8)6-11/h8-9H,2-6H2,1H3,(H,10,12). The zero-order chi connectivity index (χ0) is 8.55. The van der Waals surface area contributed by atoms with Gasteiger partial charge in [-0.25, -0.2) is 5.01 Å². The number of hydrogen-bond acceptors (Lipinski definition) is 2. The van der Waals surface area contributed by atoms with Crippen LogP contribution in [0.4, 0.5) is 0 Å². The molecule has 0 aromatic rings. The summed E-state index contributed by atoms with van der Waals surface area (Å²) in [5, 5.41) is 2.08. The van der Waals surface area contributed by atoms with E-state index < -0.39 is 0 Å². The zero-order valence-corrected chi connectivity index (χ0v) is 7.55. The summed E-state index contributed by atoms with van der Waals surface area (Å²) in [6, 6.07) is 0. The van der Waals surface area contributed by atoms with Crippen molar-refractivity contribution >= 4 is 5.91 Å². The molecule has 1 heterocycles. The van der Waals surface area contributed by atoms with E-state index in [1.54, 1.807) is 6.92 Å².